The SMILES string of the molecule is COC(=O)Cc1ccccc1-n1nnc(CCc2ccccc2)c1I. The number of benzene rings is 2. The van der Waals surface area contributed by atoms with Gasteiger partial charge in [-0.3, -0.25) is 4.79 Å². The Bertz CT molecular complexity index is 862. The van der Waals surface area contributed by atoms with Gasteiger partial charge < -0.3 is 4.74 Å². The molecule has 0 saturated carbocycles. The maximum atomic E-state index is 11.6. The molecular weight excluding hydrogens is 429 g/mol. The zero-order chi connectivity index (χ0) is 17.6. The summed E-state index contributed by atoms with van der Waals surface area (Å²) in [5.41, 5.74) is 3.96. The van der Waals surface area contributed by atoms with Gasteiger partial charge in [0, 0.05) is 0 Å². The number of para-hydroxylation sites is 1. The first-order valence-electron chi connectivity index (χ1n) is 7.98. The van der Waals surface area contributed by atoms with Crippen molar-refractivity contribution in [2.45, 2.75) is 19.3 Å². The summed E-state index contributed by atoms with van der Waals surface area (Å²) in [5.74, 6) is -0.271. The zero-order valence-electron chi connectivity index (χ0n) is 13.9. The van der Waals surface area contributed by atoms with Crippen LogP contribution in [0.5, 0.6) is 0 Å². The summed E-state index contributed by atoms with van der Waals surface area (Å²) < 4.78 is 7.54. The molecule has 25 heavy (non-hydrogen) atoms. The van der Waals surface area contributed by atoms with Gasteiger partial charge >= 0.3 is 5.97 Å². The first-order chi connectivity index (χ1) is 12.2. The van der Waals surface area contributed by atoms with E-state index in [1.807, 2.05) is 42.5 Å². The Kier molecular flexibility index (Phi) is 5.80. The highest BCUT2D eigenvalue weighted by molar-refractivity contribution is 14.1. The van der Waals surface area contributed by atoms with Crippen molar-refractivity contribution < 1.29 is 9.53 Å². The topological polar surface area (TPSA) is 57.0 Å². The van der Waals surface area contributed by atoms with Crippen LogP contribution < -0.4 is 0 Å². The van der Waals surface area contributed by atoms with Crippen LogP contribution in [0.3, 0.4) is 0 Å². The van der Waals surface area contributed by atoms with Crippen LogP contribution in [-0.4, -0.2) is 28.1 Å². The lowest BCUT2D eigenvalue weighted by atomic mass is 10.1. The molecule has 0 radical (unpaired) electrons. The van der Waals surface area contributed by atoms with Crippen LogP contribution in [0.15, 0.2) is 54.6 Å². The monoisotopic (exact) mass is 447 g/mol. The van der Waals surface area contributed by atoms with E-state index in [4.69, 9.17) is 4.74 Å². The predicted molar refractivity (Wildman–Crippen MR) is 104 cm³/mol. The summed E-state index contributed by atoms with van der Waals surface area (Å²) in [4.78, 5) is 11.6. The van der Waals surface area contributed by atoms with Crippen molar-refractivity contribution in [1.82, 2.24) is 15.0 Å². The van der Waals surface area contributed by atoms with Crippen LogP contribution in [-0.2, 0) is 28.8 Å². The molecule has 0 bridgehead atoms. The van der Waals surface area contributed by atoms with Crippen LogP contribution in [0.4, 0.5) is 0 Å². The molecule has 0 aliphatic heterocycles. The van der Waals surface area contributed by atoms with Crippen LogP contribution in [0.1, 0.15) is 16.8 Å². The largest absolute Gasteiger partial charge is 0.469 e. The van der Waals surface area contributed by atoms with E-state index in [2.05, 4.69) is 45.0 Å². The van der Waals surface area contributed by atoms with Gasteiger partial charge in [0.15, 0.2) is 0 Å². The van der Waals surface area contributed by atoms with Gasteiger partial charge in [-0.25, -0.2) is 4.68 Å². The molecular formula is C19H18IN3O2. The number of hydrogen-bond donors (Lipinski definition) is 0. The van der Waals surface area contributed by atoms with Crippen LogP contribution >= 0.6 is 22.6 Å². The van der Waals surface area contributed by atoms with E-state index in [1.54, 1.807) is 4.68 Å². The highest BCUT2D eigenvalue weighted by Gasteiger charge is 2.15. The summed E-state index contributed by atoms with van der Waals surface area (Å²) in [5, 5.41) is 8.64. The number of aryl methyl sites for hydroxylation is 2. The fourth-order valence-corrected chi connectivity index (χ4v) is 3.34. The van der Waals surface area contributed by atoms with Gasteiger partial charge in [0.1, 0.15) is 3.70 Å². The van der Waals surface area contributed by atoms with Gasteiger partial charge in [-0.05, 0) is 52.6 Å². The third-order valence-corrected chi connectivity index (χ3v) is 5.03. The van der Waals surface area contributed by atoms with Crippen molar-refractivity contribution in [3.63, 3.8) is 0 Å². The molecule has 0 aliphatic rings. The van der Waals surface area contributed by atoms with Crippen molar-refractivity contribution in [2.75, 3.05) is 7.11 Å². The van der Waals surface area contributed by atoms with E-state index < -0.39 is 0 Å². The summed E-state index contributed by atoms with van der Waals surface area (Å²) in [6.45, 7) is 0. The van der Waals surface area contributed by atoms with E-state index in [0.717, 1.165) is 33.5 Å². The molecule has 1 aromatic heterocycles. The molecule has 1 heterocycles. The Morgan fingerprint density at radius 3 is 2.56 bits per heavy atom. The lowest BCUT2D eigenvalue weighted by Gasteiger charge is -2.09. The molecule has 2 aromatic carbocycles. The Hall–Kier alpha value is -2.22. The van der Waals surface area contributed by atoms with Crippen molar-refractivity contribution >= 4 is 28.6 Å². The molecule has 3 aromatic rings. The second-order valence-corrected chi connectivity index (χ2v) is 6.63. The van der Waals surface area contributed by atoms with Crippen molar-refractivity contribution in [3.8, 4) is 5.69 Å². The minimum atomic E-state index is -0.271. The van der Waals surface area contributed by atoms with E-state index in [1.165, 1.54) is 12.7 Å². The average Bonchev–Trinajstić information content (AvgIpc) is 3.01. The second kappa shape index (κ2) is 8.24. The first kappa shape index (κ1) is 17.6. The zero-order valence-corrected chi connectivity index (χ0v) is 16.0. The minimum absolute atomic E-state index is 0.210. The normalized spacial score (nSPS) is 10.6. The molecule has 0 atom stereocenters. The number of esters is 1. The van der Waals surface area contributed by atoms with E-state index >= 15 is 0 Å². The summed E-state index contributed by atoms with van der Waals surface area (Å²) >= 11 is 2.26. The third kappa shape index (κ3) is 4.25. The molecule has 0 amide bonds. The maximum Gasteiger partial charge on any atom is 0.310 e. The van der Waals surface area contributed by atoms with E-state index in [0.29, 0.717) is 0 Å². The number of ether oxygens (including phenoxy) is 1. The highest BCUT2D eigenvalue weighted by Crippen LogP contribution is 2.20. The van der Waals surface area contributed by atoms with Crippen LogP contribution in [0, 0.1) is 3.70 Å². The molecule has 0 N–H and O–H groups in total. The number of carbonyl (C=O) groups excluding carboxylic acids is 1. The summed E-state index contributed by atoms with van der Waals surface area (Å²) in [7, 11) is 1.39. The predicted octanol–water partition coefficient (Wildman–Crippen LogP) is 3.37. The summed E-state index contributed by atoms with van der Waals surface area (Å²) in [6.07, 6.45) is 1.95. The Balaban J connectivity index is 1.83. The Morgan fingerprint density at radius 2 is 1.80 bits per heavy atom. The average molecular weight is 447 g/mol. The molecule has 0 aliphatic carbocycles. The fourth-order valence-electron chi connectivity index (χ4n) is 2.61. The number of carbonyl (C=O) groups is 1. The molecule has 0 fully saturated rings. The van der Waals surface area contributed by atoms with Crippen LogP contribution in [0.2, 0.25) is 0 Å². The van der Waals surface area contributed by atoms with Gasteiger partial charge in [0.05, 0.1) is 24.9 Å². The number of rotatable bonds is 6. The Morgan fingerprint density at radius 1 is 1.08 bits per heavy atom. The fraction of sp³-hybridized carbons (Fsp3) is 0.211. The quantitative estimate of drug-likeness (QED) is 0.430. The van der Waals surface area contributed by atoms with E-state index in [9.17, 15) is 4.79 Å². The maximum absolute atomic E-state index is 11.6. The third-order valence-electron chi connectivity index (χ3n) is 3.95. The molecule has 6 heteroatoms. The first-order valence-corrected chi connectivity index (χ1v) is 9.06. The Labute approximate surface area is 160 Å². The molecule has 0 saturated heterocycles. The number of hydrogen-bond acceptors (Lipinski definition) is 4. The minimum Gasteiger partial charge on any atom is -0.469 e. The van der Waals surface area contributed by atoms with Crippen molar-refractivity contribution in [3.05, 3.63) is 75.1 Å². The number of aromatic nitrogens is 3. The van der Waals surface area contributed by atoms with Gasteiger partial charge in [-0.1, -0.05) is 53.7 Å². The standard InChI is InChI=1S/C19H18IN3O2/c1-25-18(24)13-15-9-5-6-10-17(15)23-19(20)16(21-22-23)12-11-14-7-3-2-4-8-14/h2-10H,11-13H2,1H3. The smallest absolute Gasteiger partial charge is 0.310 e. The lowest BCUT2D eigenvalue weighted by Crippen LogP contribution is -2.10. The van der Waals surface area contributed by atoms with Gasteiger partial charge in [0.25, 0.3) is 0 Å². The lowest BCUT2D eigenvalue weighted by molar-refractivity contribution is -0.139. The molecule has 128 valence electrons. The molecule has 5 nitrogen and oxygen atoms in total. The number of nitrogens with zero attached hydrogens (tertiary/aromatic N) is 3. The highest BCUT2D eigenvalue weighted by atomic mass is 127. The number of methoxy groups -OCH3 is 1. The van der Waals surface area contributed by atoms with Gasteiger partial charge in [0.2, 0.25) is 0 Å². The van der Waals surface area contributed by atoms with Gasteiger partial charge in [-0.2, -0.15) is 0 Å². The summed E-state index contributed by atoms with van der Waals surface area (Å²) in [6, 6.07) is 18.0. The van der Waals surface area contributed by atoms with Gasteiger partial charge in [-0.15, -0.1) is 5.10 Å². The van der Waals surface area contributed by atoms with Crippen LogP contribution in [0.25, 0.3) is 5.69 Å². The molecule has 0 spiro atoms. The molecule has 0 unspecified atom stereocenters. The number of halogens is 1. The second-order valence-electron chi connectivity index (χ2n) is 5.61. The van der Waals surface area contributed by atoms with E-state index in [-0.39, 0.29) is 12.4 Å². The van der Waals surface area contributed by atoms with Crippen molar-refractivity contribution in [1.29, 1.82) is 0 Å². The van der Waals surface area contributed by atoms with Crippen molar-refractivity contribution in [2.24, 2.45) is 0 Å². The molecule has 3 rings (SSSR count).